The molecule has 2 amide bonds. The molecule has 2 fully saturated rings. The van der Waals surface area contributed by atoms with Crippen molar-refractivity contribution < 1.29 is 14.7 Å². The van der Waals surface area contributed by atoms with Crippen LogP contribution < -0.4 is 5.32 Å². The van der Waals surface area contributed by atoms with Gasteiger partial charge in [-0.1, -0.05) is 12.8 Å². The number of aliphatic hydroxyl groups is 1. The maximum Gasteiger partial charge on any atom is 0.246 e. The molecular weight excluding hydrogens is 208 g/mol. The summed E-state index contributed by atoms with van der Waals surface area (Å²) in [5.74, 6) is -0.340. The summed E-state index contributed by atoms with van der Waals surface area (Å²) in [5, 5.41) is 13.1. The van der Waals surface area contributed by atoms with Crippen LogP contribution in [0.2, 0.25) is 0 Å². The monoisotopic (exact) mass is 226 g/mol. The van der Waals surface area contributed by atoms with E-state index in [1.165, 1.54) is 7.05 Å². The van der Waals surface area contributed by atoms with Crippen LogP contribution >= 0.6 is 0 Å². The lowest BCUT2D eigenvalue weighted by atomic mass is 10.0. The van der Waals surface area contributed by atoms with Gasteiger partial charge >= 0.3 is 0 Å². The summed E-state index contributed by atoms with van der Waals surface area (Å²) in [6, 6.07) is -0.442. The van der Waals surface area contributed by atoms with Crippen LogP contribution in [-0.4, -0.2) is 47.1 Å². The van der Waals surface area contributed by atoms with Gasteiger partial charge in [0.2, 0.25) is 11.8 Å². The maximum absolute atomic E-state index is 11.6. The highest BCUT2D eigenvalue weighted by molar-refractivity contribution is 6.05. The van der Waals surface area contributed by atoms with Crippen molar-refractivity contribution in [3.8, 4) is 0 Å². The Morgan fingerprint density at radius 2 is 2.06 bits per heavy atom. The molecule has 1 saturated carbocycles. The second kappa shape index (κ2) is 4.14. The van der Waals surface area contributed by atoms with E-state index in [1.807, 2.05) is 0 Å². The maximum atomic E-state index is 11.6. The van der Waals surface area contributed by atoms with E-state index in [0.717, 1.165) is 30.6 Å². The Kier molecular flexibility index (Phi) is 2.99. The Hall–Kier alpha value is -0.940. The van der Waals surface area contributed by atoms with Crippen LogP contribution in [0.1, 0.15) is 32.1 Å². The quantitative estimate of drug-likeness (QED) is 0.645. The first-order valence-corrected chi connectivity index (χ1v) is 5.78. The molecule has 1 atom stereocenters. The first-order chi connectivity index (χ1) is 7.52. The van der Waals surface area contributed by atoms with Crippen molar-refractivity contribution in [2.75, 3.05) is 13.6 Å². The van der Waals surface area contributed by atoms with Gasteiger partial charge in [-0.15, -0.1) is 0 Å². The second-order valence-corrected chi connectivity index (χ2v) is 4.86. The smallest absolute Gasteiger partial charge is 0.246 e. The molecule has 90 valence electrons. The third-order valence-corrected chi connectivity index (χ3v) is 3.59. The number of rotatable bonds is 3. The molecule has 0 spiro atoms. The van der Waals surface area contributed by atoms with Crippen molar-refractivity contribution >= 4 is 11.8 Å². The van der Waals surface area contributed by atoms with E-state index in [2.05, 4.69) is 5.32 Å². The molecule has 5 heteroatoms. The Morgan fingerprint density at radius 1 is 1.44 bits per heavy atom. The van der Waals surface area contributed by atoms with E-state index < -0.39 is 11.6 Å². The zero-order chi connectivity index (χ0) is 11.8. The number of imide groups is 1. The number of carbonyl (C=O) groups is 2. The highest BCUT2D eigenvalue weighted by Gasteiger charge is 2.38. The molecule has 0 aromatic rings. The van der Waals surface area contributed by atoms with Gasteiger partial charge in [0.25, 0.3) is 0 Å². The molecule has 2 rings (SSSR count). The van der Waals surface area contributed by atoms with E-state index in [4.69, 9.17) is 0 Å². The van der Waals surface area contributed by atoms with Crippen LogP contribution in [0, 0.1) is 0 Å². The number of nitrogens with zero attached hydrogens (tertiary/aromatic N) is 1. The van der Waals surface area contributed by atoms with Gasteiger partial charge in [0, 0.05) is 13.6 Å². The Labute approximate surface area is 94.8 Å². The van der Waals surface area contributed by atoms with Crippen LogP contribution in [0.25, 0.3) is 0 Å². The van der Waals surface area contributed by atoms with Crippen LogP contribution in [0.15, 0.2) is 0 Å². The van der Waals surface area contributed by atoms with E-state index >= 15 is 0 Å². The summed E-state index contributed by atoms with van der Waals surface area (Å²) in [6.07, 6.45) is 3.85. The predicted octanol–water partition coefficient (Wildman–Crippen LogP) is -0.362. The van der Waals surface area contributed by atoms with Gasteiger partial charge in [-0.05, 0) is 12.8 Å². The molecule has 2 N–H and O–H groups in total. The summed E-state index contributed by atoms with van der Waals surface area (Å²) in [5.41, 5.74) is -0.676. The predicted molar refractivity (Wildman–Crippen MR) is 57.6 cm³/mol. The highest BCUT2D eigenvalue weighted by Crippen LogP contribution is 2.29. The number of amides is 2. The highest BCUT2D eigenvalue weighted by atomic mass is 16.3. The average Bonchev–Trinajstić information content (AvgIpc) is 2.77. The molecule has 2 aliphatic rings. The van der Waals surface area contributed by atoms with Gasteiger partial charge < -0.3 is 10.4 Å². The van der Waals surface area contributed by atoms with Crippen molar-refractivity contribution in [2.24, 2.45) is 0 Å². The van der Waals surface area contributed by atoms with Gasteiger partial charge in [-0.25, -0.2) is 0 Å². The number of carbonyl (C=O) groups excluding carboxylic acids is 2. The molecule has 1 aliphatic carbocycles. The molecule has 0 aromatic heterocycles. The molecule has 0 aromatic carbocycles. The summed E-state index contributed by atoms with van der Waals surface area (Å²) in [7, 11) is 1.50. The van der Waals surface area contributed by atoms with Gasteiger partial charge in [-0.2, -0.15) is 0 Å². The lowest BCUT2D eigenvalue weighted by Crippen LogP contribution is -2.45. The fourth-order valence-electron chi connectivity index (χ4n) is 2.44. The molecule has 1 heterocycles. The van der Waals surface area contributed by atoms with Crippen molar-refractivity contribution in [1.82, 2.24) is 10.2 Å². The van der Waals surface area contributed by atoms with Gasteiger partial charge in [-0.3, -0.25) is 14.5 Å². The molecule has 1 saturated heterocycles. The summed E-state index contributed by atoms with van der Waals surface area (Å²) in [6.45, 7) is 0.407. The number of nitrogens with one attached hydrogen (secondary N) is 1. The molecule has 5 nitrogen and oxygen atoms in total. The average molecular weight is 226 g/mol. The second-order valence-electron chi connectivity index (χ2n) is 4.86. The number of hydrogen-bond acceptors (Lipinski definition) is 4. The molecule has 1 unspecified atom stereocenters. The van der Waals surface area contributed by atoms with E-state index in [1.54, 1.807) is 0 Å². The van der Waals surface area contributed by atoms with Crippen LogP contribution in [0.4, 0.5) is 0 Å². The first-order valence-electron chi connectivity index (χ1n) is 5.78. The molecule has 0 radical (unpaired) electrons. The third-order valence-electron chi connectivity index (χ3n) is 3.59. The number of hydrogen-bond donors (Lipinski definition) is 2. The molecule has 1 aliphatic heterocycles. The van der Waals surface area contributed by atoms with Crippen molar-refractivity contribution in [1.29, 1.82) is 0 Å². The zero-order valence-electron chi connectivity index (χ0n) is 9.53. The Balaban J connectivity index is 1.87. The first kappa shape index (κ1) is 11.5. The van der Waals surface area contributed by atoms with Crippen LogP contribution in [0.5, 0.6) is 0 Å². The SMILES string of the molecule is CN1C(=O)CC(NCC2(O)CCCC2)C1=O. The fourth-order valence-corrected chi connectivity index (χ4v) is 2.44. The summed E-state index contributed by atoms with van der Waals surface area (Å²) < 4.78 is 0. The topological polar surface area (TPSA) is 69.6 Å². The lowest BCUT2D eigenvalue weighted by molar-refractivity contribution is -0.137. The minimum Gasteiger partial charge on any atom is -0.389 e. The summed E-state index contributed by atoms with van der Waals surface area (Å²) >= 11 is 0. The largest absolute Gasteiger partial charge is 0.389 e. The standard InChI is InChI=1S/C11H18N2O3/c1-13-9(14)6-8(10(13)15)12-7-11(16)4-2-3-5-11/h8,12,16H,2-7H2,1H3. The van der Waals surface area contributed by atoms with Gasteiger partial charge in [0.15, 0.2) is 0 Å². The molecular formula is C11H18N2O3. The lowest BCUT2D eigenvalue weighted by Gasteiger charge is -2.24. The van der Waals surface area contributed by atoms with Crippen molar-refractivity contribution in [3.63, 3.8) is 0 Å². The number of likely N-dealkylation sites (N-methyl/N-ethyl adjacent to an activating group) is 1. The molecule has 16 heavy (non-hydrogen) atoms. The van der Waals surface area contributed by atoms with Crippen molar-refractivity contribution in [2.45, 2.75) is 43.7 Å². The zero-order valence-corrected chi connectivity index (χ0v) is 9.53. The number of likely N-dealkylation sites (tertiary alicyclic amines) is 1. The third kappa shape index (κ3) is 2.10. The Bertz CT molecular complexity index is 310. The minimum absolute atomic E-state index is 0.152. The Morgan fingerprint density at radius 3 is 2.56 bits per heavy atom. The van der Waals surface area contributed by atoms with E-state index in [-0.39, 0.29) is 18.2 Å². The van der Waals surface area contributed by atoms with Gasteiger partial charge in [0.05, 0.1) is 18.1 Å². The van der Waals surface area contributed by atoms with E-state index in [0.29, 0.717) is 6.54 Å². The van der Waals surface area contributed by atoms with Gasteiger partial charge in [0.1, 0.15) is 0 Å². The fraction of sp³-hybridized carbons (Fsp3) is 0.818. The van der Waals surface area contributed by atoms with Crippen molar-refractivity contribution in [3.05, 3.63) is 0 Å². The summed E-state index contributed by atoms with van der Waals surface area (Å²) in [4.78, 5) is 24.0. The molecule has 0 bridgehead atoms. The van der Waals surface area contributed by atoms with E-state index in [9.17, 15) is 14.7 Å². The van der Waals surface area contributed by atoms with Crippen LogP contribution in [0.3, 0.4) is 0 Å². The minimum atomic E-state index is -0.676. The normalized spacial score (nSPS) is 29.1. The van der Waals surface area contributed by atoms with Crippen LogP contribution in [-0.2, 0) is 9.59 Å².